The number of nitrogens with zero attached hydrogens (tertiary/aromatic N) is 2. The predicted molar refractivity (Wildman–Crippen MR) is 173 cm³/mol. The highest BCUT2D eigenvalue weighted by Crippen LogP contribution is 2.26. The normalized spacial score (nSPS) is 11.8. The van der Waals surface area contributed by atoms with Gasteiger partial charge in [0.1, 0.15) is 18.3 Å². The lowest BCUT2D eigenvalue weighted by molar-refractivity contribution is -0.140. The summed E-state index contributed by atoms with van der Waals surface area (Å²) >= 11 is 6.13. The lowest BCUT2D eigenvalue weighted by Gasteiger charge is -2.34. The Kier molecular flexibility index (Phi) is 11.4. The third kappa shape index (κ3) is 8.39. The van der Waals surface area contributed by atoms with Gasteiger partial charge in [-0.1, -0.05) is 79.2 Å². The lowest BCUT2D eigenvalue weighted by atomic mass is 10.0. The topological polar surface area (TPSA) is 96.0 Å². The third-order valence-corrected chi connectivity index (χ3v) is 9.10. The van der Waals surface area contributed by atoms with Crippen LogP contribution in [0.25, 0.3) is 0 Å². The van der Waals surface area contributed by atoms with Gasteiger partial charge in [-0.25, -0.2) is 8.42 Å². The molecule has 0 heterocycles. The van der Waals surface area contributed by atoms with E-state index in [4.69, 9.17) is 16.3 Å². The predicted octanol–water partition coefficient (Wildman–Crippen LogP) is 5.71. The second kappa shape index (κ2) is 15.4. The van der Waals surface area contributed by atoms with Crippen LogP contribution in [0.2, 0.25) is 5.02 Å². The van der Waals surface area contributed by atoms with E-state index in [0.717, 1.165) is 21.9 Å². The highest BCUT2D eigenvalue weighted by atomic mass is 35.5. The number of hydrogen-bond donors (Lipinski definition) is 1. The van der Waals surface area contributed by atoms with Crippen LogP contribution >= 0.6 is 11.6 Å². The number of rotatable bonds is 14. The van der Waals surface area contributed by atoms with E-state index in [-0.39, 0.29) is 23.8 Å². The molecule has 0 spiro atoms. The summed E-state index contributed by atoms with van der Waals surface area (Å²) < 4.78 is 34.4. The number of para-hydroxylation sites is 1. The molecule has 2 amide bonds. The van der Waals surface area contributed by atoms with Gasteiger partial charge in [0, 0.05) is 24.5 Å². The Morgan fingerprint density at radius 2 is 1.45 bits per heavy atom. The van der Waals surface area contributed by atoms with Crippen molar-refractivity contribution in [1.29, 1.82) is 0 Å². The van der Waals surface area contributed by atoms with Gasteiger partial charge in [0.2, 0.25) is 11.8 Å². The zero-order chi connectivity index (χ0) is 31.5. The summed E-state index contributed by atoms with van der Waals surface area (Å²) in [6, 6.07) is 30.0. The van der Waals surface area contributed by atoms with E-state index in [2.05, 4.69) is 5.32 Å². The fraction of sp³-hybridized carbons (Fsp3) is 0.235. The Labute approximate surface area is 264 Å². The van der Waals surface area contributed by atoms with Gasteiger partial charge in [0.25, 0.3) is 10.0 Å². The van der Waals surface area contributed by atoms with E-state index in [9.17, 15) is 18.0 Å². The number of anilines is 1. The summed E-state index contributed by atoms with van der Waals surface area (Å²) in [5, 5.41) is 3.47. The van der Waals surface area contributed by atoms with E-state index >= 15 is 0 Å². The number of amides is 2. The molecule has 0 saturated heterocycles. The Morgan fingerprint density at radius 1 is 0.841 bits per heavy atom. The minimum atomic E-state index is -4.19. The molecule has 0 saturated carbocycles. The number of carbonyl (C=O) groups excluding carboxylic acids is 2. The van der Waals surface area contributed by atoms with Crippen molar-refractivity contribution in [2.24, 2.45) is 0 Å². The molecule has 230 valence electrons. The molecule has 0 bridgehead atoms. The molecule has 10 heteroatoms. The van der Waals surface area contributed by atoms with Crippen LogP contribution in [0.3, 0.4) is 0 Å². The van der Waals surface area contributed by atoms with Crippen LogP contribution < -0.4 is 14.4 Å². The minimum absolute atomic E-state index is 0.000675. The van der Waals surface area contributed by atoms with E-state index in [1.165, 1.54) is 24.1 Å². The van der Waals surface area contributed by atoms with Crippen LogP contribution in [-0.4, -0.2) is 51.4 Å². The van der Waals surface area contributed by atoms with Crippen molar-refractivity contribution in [3.63, 3.8) is 0 Å². The van der Waals surface area contributed by atoms with E-state index < -0.39 is 28.5 Å². The maximum atomic E-state index is 14.4. The molecule has 1 atom stereocenters. The molecule has 8 nitrogen and oxygen atoms in total. The fourth-order valence-electron chi connectivity index (χ4n) is 4.70. The molecule has 0 aliphatic rings. The maximum absolute atomic E-state index is 14.4. The second-order valence-corrected chi connectivity index (χ2v) is 12.5. The number of methoxy groups -OCH3 is 1. The Bertz CT molecular complexity index is 1620. The van der Waals surface area contributed by atoms with Crippen molar-refractivity contribution >= 4 is 39.1 Å². The first kappa shape index (κ1) is 32.6. The van der Waals surface area contributed by atoms with Crippen molar-refractivity contribution in [2.45, 2.75) is 37.2 Å². The first-order chi connectivity index (χ1) is 21.2. The van der Waals surface area contributed by atoms with Gasteiger partial charge in [-0.05, 0) is 66.1 Å². The monoisotopic (exact) mass is 633 g/mol. The van der Waals surface area contributed by atoms with Crippen LogP contribution in [0, 0.1) is 0 Å². The summed E-state index contributed by atoms with van der Waals surface area (Å²) in [6.07, 6.45) is 0.961. The first-order valence-corrected chi connectivity index (χ1v) is 16.1. The van der Waals surface area contributed by atoms with Gasteiger partial charge in [-0.15, -0.1) is 0 Å². The van der Waals surface area contributed by atoms with Gasteiger partial charge in [0.05, 0.1) is 17.7 Å². The van der Waals surface area contributed by atoms with Crippen molar-refractivity contribution in [3.05, 3.63) is 125 Å². The largest absolute Gasteiger partial charge is 0.497 e. The summed E-state index contributed by atoms with van der Waals surface area (Å²) in [5.74, 6) is -0.349. The molecule has 0 aliphatic carbocycles. The van der Waals surface area contributed by atoms with Crippen molar-refractivity contribution in [2.75, 3.05) is 24.5 Å². The van der Waals surface area contributed by atoms with Crippen LogP contribution in [0.4, 0.5) is 5.69 Å². The molecule has 0 radical (unpaired) electrons. The SMILES string of the molecule is CCCNC(=O)[C@H](Cc1ccccc1)N(Cc1ccc(Cl)cc1)C(=O)CN(c1ccccc1)S(=O)(=O)c1ccc(OC)cc1. The number of hydrogen-bond acceptors (Lipinski definition) is 5. The smallest absolute Gasteiger partial charge is 0.264 e. The highest BCUT2D eigenvalue weighted by Gasteiger charge is 2.34. The summed E-state index contributed by atoms with van der Waals surface area (Å²) in [5.41, 5.74) is 1.93. The molecule has 0 unspecified atom stereocenters. The summed E-state index contributed by atoms with van der Waals surface area (Å²) in [6.45, 7) is 1.93. The standard InChI is InChI=1S/C34H36ClN3O5S/c1-3-22-36-34(40)32(23-26-10-6-4-7-11-26)37(24-27-14-16-28(35)17-15-27)33(39)25-38(29-12-8-5-9-13-29)44(41,42)31-20-18-30(43-2)19-21-31/h4-21,32H,3,22-25H2,1-2H3,(H,36,40)/t32-/m0/s1. The lowest BCUT2D eigenvalue weighted by Crippen LogP contribution is -2.53. The number of nitrogens with one attached hydrogen (secondary N) is 1. The summed E-state index contributed by atoms with van der Waals surface area (Å²) in [4.78, 5) is 29.5. The highest BCUT2D eigenvalue weighted by molar-refractivity contribution is 7.92. The first-order valence-electron chi connectivity index (χ1n) is 14.3. The molecule has 44 heavy (non-hydrogen) atoms. The summed E-state index contributed by atoms with van der Waals surface area (Å²) in [7, 11) is -2.70. The average molecular weight is 634 g/mol. The van der Waals surface area contributed by atoms with Crippen LogP contribution in [0.5, 0.6) is 5.75 Å². The van der Waals surface area contributed by atoms with Gasteiger partial charge in [-0.3, -0.25) is 13.9 Å². The average Bonchev–Trinajstić information content (AvgIpc) is 3.05. The quantitative estimate of drug-likeness (QED) is 0.192. The molecule has 0 aliphatic heterocycles. The van der Waals surface area contributed by atoms with Crippen LogP contribution in [0.1, 0.15) is 24.5 Å². The Morgan fingerprint density at radius 3 is 2.05 bits per heavy atom. The zero-order valence-corrected chi connectivity index (χ0v) is 26.3. The fourth-order valence-corrected chi connectivity index (χ4v) is 6.24. The number of halogens is 1. The molecule has 4 aromatic carbocycles. The number of benzene rings is 4. The molecule has 1 N–H and O–H groups in total. The number of ether oxygens (including phenoxy) is 1. The van der Waals surface area contributed by atoms with Gasteiger partial charge in [0.15, 0.2) is 0 Å². The Hall–Kier alpha value is -4.34. The third-order valence-electron chi connectivity index (χ3n) is 7.06. The molecular weight excluding hydrogens is 598 g/mol. The van der Waals surface area contributed by atoms with E-state index in [1.807, 2.05) is 37.3 Å². The van der Waals surface area contributed by atoms with E-state index in [0.29, 0.717) is 23.0 Å². The molecule has 4 rings (SSSR count). The van der Waals surface area contributed by atoms with Gasteiger partial charge >= 0.3 is 0 Å². The molecule has 0 fully saturated rings. The maximum Gasteiger partial charge on any atom is 0.264 e. The zero-order valence-electron chi connectivity index (χ0n) is 24.7. The van der Waals surface area contributed by atoms with Crippen LogP contribution in [-0.2, 0) is 32.6 Å². The Balaban J connectivity index is 1.77. The minimum Gasteiger partial charge on any atom is -0.497 e. The number of carbonyl (C=O) groups is 2. The molecule has 0 aromatic heterocycles. The van der Waals surface area contributed by atoms with E-state index in [1.54, 1.807) is 66.7 Å². The van der Waals surface area contributed by atoms with Gasteiger partial charge < -0.3 is 15.0 Å². The molecule has 4 aromatic rings. The van der Waals surface area contributed by atoms with Crippen molar-refractivity contribution in [3.8, 4) is 5.75 Å². The van der Waals surface area contributed by atoms with Gasteiger partial charge in [-0.2, -0.15) is 0 Å². The van der Waals surface area contributed by atoms with Crippen molar-refractivity contribution in [1.82, 2.24) is 10.2 Å². The van der Waals surface area contributed by atoms with Crippen molar-refractivity contribution < 1.29 is 22.7 Å². The molecular formula is C34H36ClN3O5S. The second-order valence-electron chi connectivity index (χ2n) is 10.2. The van der Waals surface area contributed by atoms with Crippen LogP contribution in [0.15, 0.2) is 114 Å². The number of sulfonamides is 1.